The third-order valence-corrected chi connectivity index (χ3v) is 5.49. The van der Waals surface area contributed by atoms with Gasteiger partial charge in [-0.1, -0.05) is 30.0 Å². The van der Waals surface area contributed by atoms with Crippen molar-refractivity contribution in [2.75, 3.05) is 31.9 Å². The smallest absolute Gasteiger partial charge is 0.340 e. The Kier molecular flexibility index (Phi) is 6.79. The molecule has 0 radical (unpaired) electrons. The Hall–Kier alpha value is -2.55. The van der Waals surface area contributed by atoms with E-state index in [9.17, 15) is 22.8 Å². The van der Waals surface area contributed by atoms with Crippen molar-refractivity contribution in [2.24, 2.45) is 0 Å². The Morgan fingerprint density at radius 1 is 0.966 bits per heavy atom. The van der Waals surface area contributed by atoms with Crippen LogP contribution in [-0.4, -0.2) is 58.5 Å². The Morgan fingerprint density at radius 3 is 2.31 bits per heavy atom. The van der Waals surface area contributed by atoms with E-state index in [4.69, 9.17) is 0 Å². The minimum Gasteiger partial charge on any atom is -0.340 e. The number of carbonyl (C=O) groups is 2. The highest BCUT2D eigenvalue weighted by Gasteiger charge is 2.30. The van der Waals surface area contributed by atoms with E-state index in [1.165, 1.54) is 6.07 Å². The van der Waals surface area contributed by atoms with Crippen LogP contribution in [-0.2, 0) is 11.0 Å². The van der Waals surface area contributed by atoms with Crippen LogP contribution in [0.4, 0.5) is 13.2 Å². The molecule has 9 heteroatoms. The van der Waals surface area contributed by atoms with E-state index < -0.39 is 11.7 Å². The molecule has 2 heterocycles. The van der Waals surface area contributed by atoms with E-state index in [0.29, 0.717) is 43.2 Å². The number of halogens is 3. The largest absolute Gasteiger partial charge is 0.417 e. The maximum absolute atomic E-state index is 12.6. The van der Waals surface area contributed by atoms with Gasteiger partial charge < -0.3 is 9.80 Å². The van der Waals surface area contributed by atoms with Gasteiger partial charge in [-0.25, -0.2) is 4.98 Å². The number of amides is 2. The molecule has 2 amide bonds. The summed E-state index contributed by atoms with van der Waals surface area (Å²) in [5, 5.41) is 0.363. The first-order valence-electron chi connectivity index (χ1n) is 9.13. The Balaban J connectivity index is 1.51. The molecule has 2 aromatic rings. The van der Waals surface area contributed by atoms with E-state index in [0.717, 1.165) is 24.0 Å². The zero-order valence-corrected chi connectivity index (χ0v) is 16.4. The number of rotatable bonds is 4. The van der Waals surface area contributed by atoms with Crippen LogP contribution in [0.2, 0.25) is 0 Å². The Morgan fingerprint density at radius 2 is 1.66 bits per heavy atom. The van der Waals surface area contributed by atoms with Crippen molar-refractivity contribution in [2.45, 2.75) is 17.6 Å². The molecule has 0 saturated carbocycles. The van der Waals surface area contributed by atoms with Gasteiger partial charge in [-0.2, -0.15) is 13.2 Å². The number of alkyl halides is 3. The zero-order chi connectivity index (χ0) is 20.9. The summed E-state index contributed by atoms with van der Waals surface area (Å²) in [6, 6.07) is 11.2. The standard InChI is InChI=1S/C20H20F3N3O2S/c21-20(22,23)16-7-8-17(24-13-16)29-14-18(27)25-9-4-10-26(12-11-25)19(28)15-5-2-1-3-6-15/h1-3,5-8,13H,4,9-12,14H2. The topological polar surface area (TPSA) is 53.5 Å². The van der Waals surface area contributed by atoms with E-state index in [1.807, 2.05) is 18.2 Å². The summed E-state index contributed by atoms with van der Waals surface area (Å²) >= 11 is 1.10. The van der Waals surface area contributed by atoms with Gasteiger partial charge in [0.05, 0.1) is 16.3 Å². The minimum atomic E-state index is -4.43. The number of pyridine rings is 1. The first-order chi connectivity index (χ1) is 13.8. The number of benzene rings is 1. The van der Waals surface area contributed by atoms with Crippen LogP contribution in [0.5, 0.6) is 0 Å². The zero-order valence-electron chi connectivity index (χ0n) is 15.6. The molecule has 0 spiro atoms. The Bertz CT molecular complexity index is 844. The molecule has 1 aliphatic heterocycles. The number of aromatic nitrogens is 1. The lowest BCUT2D eigenvalue weighted by Gasteiger charge is -2.22. The normalized spacial score (nSPS) is 15.1. The first kappa shape index (κ1) is 21.2. The second-order valence-electron chi connectivity index (χ2n) is 6.56. The summed E-state index contributed by atoms with van der Waals surface area (Å²) in [6.45, 7) is 1.99. The summed E-state index contributed by atoms with van der Waals surface area (Å²) < 4.78 is 37.7. The van der Waals surface area contributed by atoms with Gasteiger partial charge in [0.2, 0.25) is 5.91 Å². The predicted octanol–water partition coefficient (Wildman–Crippen LogP) is 3.57. The molecular formula is C20H20F3N3O2S. The summed E-state index contributed by atoms with van der Waals surface area (Å²) in [7, 11) is 0. The molecule has 29 heavy (non-hydrogen) atoms. The maximum Gasteiger partial charge on any atom is 0.417 e. The fourth-order valence-electron chi connectivity index (χ4n) is 2.99. The van der Waals surface area contributed by atoms with Crippen LogP contribution in [0.1, 0.15) is 22.3 Å². The highest BCUT2D eigenvalue weighted by atomic mass is 32.2. The monoisotopic (exact) mass is 423 g/mol. The molecule has 1 aromatic carbocycles. The van der Waals surface area contributed by atoms with E-state index in [2.05, 4.69) is 4.98 Å². The predicted molar refractivity (Wildman–Crippen MR) is 104 cm³/mol. The molecule has 1 saturated heterocycles. The molecule has 1 aromatic heterocycles. The second kappa shape index (κ2) is 9.30. The van der Waals surface area contributed by atoms with E-state index >= 15 is 0 Å². The molecule has 0 aliphatic carbocycles. The molecular weight excluding hydrogens is 403 g/mol. The van der Waals surface area contributed by atoms with Crippen LogP contribution in [0, 0.1) is 0 Å². The molecule has 1 fully saturated rings. The van der Waals surface area contributed by atoms with Crippen molar-refractivity contribution in [3.8, 4) is 0 Å². The van der Waals surface area contributed by atoms with Gasteiger partial charge in [-0.15, -0.1) is 0 Å². The molecule has 0 atom stereocenters. The van der Waals surface area contributed by atoms with Crippen LogP contribution >= 0.6 is 11.8 Å². The molecule has 1 aliphatic rings. The quantitative estimate of drug-likeness (QED) is 0.706. The van der Waals surface area contributed by atoms with Gasteiger partial charge >= 0.3 is 6.18 Å². The number of thioether (sulfide) groups is 1. The van der Waals surface area contributed by atoms with Gasteiger partial charge in [0.15, 0.2) is 0 Å². The Labute approximate surface area is 170 Å². The van der Waals surface area contributed by atoms with Crippen LogP contribution in [0.25, 0.3) is 0 Å². The second-order valence-corrected chi connectivity index (χ2v) is 7.56. The highest BCUT2D eigenvalue weighted by molar-refractivity contribution is 7.99. The van der Waals surface area contributed by atoms with Gasteiger partial charge in [0, 0.05) is 37.9 Å². The van der Waals surface area contributed by atoms with Gasteiger partial charge in [0.1, 0.15) is 0 Å². The van der Waals surface area contributed by atoms with Crippen LogP contribution in [0.3, 0.4) is 0 Å². The molecule has 3 rings (SSSR count). The van der Waals surface area contributed by atoms with Gasteiger partial charge in [-0.3, -0.25) is 9.59 Å². The number of hydrogen-bond acceptors (Lipinski definition) is 4. The molecule has 5 nitrogen and oxygen atoms in total. The third-order valence-electron chi connectivity index (χ3n) is 4.56. The van der Waals surface area contributed by atoms with Gasteiger partial charge in [-0.05, 0) is 30.7 Å². The number of hydrogen-bond donors (Lipinski definition) is 0. The van der Waals surface area contributed by atoms with Crippen molar-refractivity contribution in [3.05, 3.63) is 59.8 Å². The average molecular weight is 423 g/mol. The lowest BCUT2D eigenvalue weighted by molar-refractivity contribution is -0.138. The molecule has 0 N–H and O–H groups in total. The lowest BCUT2D eigenvalue weighted by atomic mass is 10.2. The SMILES string of the molecule is O=C(CSc1ccc(C(F)(F)F)cn1)N1CCCN(C(=O)c2ccccc2)CC1. The highest BCUT2D eigenvalue weighted by Crippen LogP contribution is 2.29. The summed E-state index contributed by atoms with van der Waals surface area (Å²) in [4.78, 5) is 32.3. The summed E-state index contributed by atoms with van der Waals surface area (Å²) in [5.74, 6) is -0.0840. The van der Waals surface area contributed by atoms with Crippen molar-refractivity contribution in [3.63, 3.8) is 0 Å². The lowest BCUT2D eigenvalue weighted by Crippen LogP contribution is -2.38. The molecule has 154 valence electrons. The average Bonchev–Trinajstić information content (AvgIpc) is 2.98. The molecule has 0 bridgehead atoms. The molecule has 0 unspecified atom stereocenters. The van der Waals surface area contributed by atoms with Crippen LogP contribution < -0.4 is 0 Å². The van der Waals surface area contributed by atoms with E-state index in [-0.39, 0.29) is 17.6 Å². The fourth-order valence-corrected chi connectivity index (χ4v) is 3.74. The third kappa shape index (κ3) is 5.72. The van der Waals surface area contributed by atoms with Gasteiger partial charge in [0.25, 0.3) is 5.91 Å². The van der Waals surface area contributed by atoms with Crippen molar-refractivity contribution >= 4 is 23.6 Å². The summed E-state index contributed by atoms with van der Waals surface area (Å²) in [6.07, 6.45) is -2.99. The fraction of sp³-hybridized carbons (Fsp3) is 0.350. The van der Waals surface area contributed by atoms with E-state index in [1.54, 1.807) is 21.9 Å². The van der Waals surface area contributed by atoms with Crippen LogP contribution in [0.15, 0.2) is 53.7 Å². The van der Waals surface area contributed by atoms with Crippen molar-refractivity contribution < 1.29 is 22.8 Å². The number of nitrogens with zero attached hydrogens (tertiary/aromatic N) is 3. The van der Waals surface area contributed by atoms with Crippen molar-refractivity contribution in [1.82, 2.24) is 14.8 Å². The first-order valence-corrected chi connectivity index (χ1v) is 10.1. The maximum atomic E-state index is 12.6. The minimum absolute atomic E-state index is 0.0526. The number of carbonyl (C=O) groups excluding carboxylic acids is 2. The van der Waals surface area contributed by atoms with Crippen molar-refractivity contribution in [1.29, 1.82) is 0 Å². The summed E-state index contributed by atoms with van der Waals surface area (Å²) in [5.41, 5.74) is -0.194.